The lowest BCUT2D eigenvalue weighted by atomic mass is 9.98. The van der Waals surface area contributed by atoms with Crippen LogP contribution in [0.3, 0.4) is 0 Å². The van der Waals surface area contributed by atoms with Crippen molar-refractivity contribution in [2.45, 2.75) is 57.0 Å². The average molecular weight is 608 g/mol. The molecule has 0 spiro atoms. The number of ether oxygens (including phenoxy) is 3. The van der Waals surface area contributed by atoms with Crippen LogP contribution in [0, 0.1) is 0 Å². The Morgan fingerprint density at radius 2 is 1.80 bits per heavy atom. The molecule has 2 aliphatic rings. The predicted molar refractivity (Wildman–Crippen MR) is 172 cm³/mol. The lowest BCUT2D eigenvalue weighted by Gasteiger charge is -2.38. The van der Waals surface area contributed by atoms with Gasteiger partial charge in [0, 0.05) is 50.6 Å². The summed E-state index contributed by atoms with van der Waals surface area (Å²) in [7, 11) is 1.77. The van der Waals surface area contributed by atoms with Crippen LogP contribution in [0.15, 0.2) is 97.3 Å². The van der Waals surface area contributed by atoms with Crippen LogP contribution >= 0.6 is 0 Å². The fourth-order valence-electron chi connectivity index (χ4n) is 6.29. The number of carbonyl (C=O) groups excluding carboxylic acids is 1. The molecule has 0 aliphatic carbocycles. The predicted octanol–water partition coefficient (Wildman–Crippen LogP) is 5.83. The average Bonchev–Trinajstić information content (AvgIpc) is 3.54. The van der Waals surface area contributed by atoms with Crippen molar-refractivity contribution in [2.24, 2.45) is 0 Å². The van der Waals surface area contributed by atoms with Crippen LogP contribution in [-0.2, 0) is 27.4 Å². The molecule has 8 nitrogen and oxygen atoms in total. The first-order valence-electron chi connectivity index (χ1n) is 15.7. The molecule has 1 aromatic heterocycles. The van der Waals surface area contributed by atoms with Crippen molar-refractivity contribution in [1.82, 2.24) is 15.2 Å². The van der Waals surface area contributed by atoms with Crippen molar-refractivity contribution in [2.75, 3.05) is 26.8 Å². The summed E-state index contributed by atoms with van der Waals surface area (Å²) in [6.07, 6.45) is 5.67. The maximum Gasteiger partial charge on any atom is 0.253 e. The molecule has 2 N–H and O–H groups in total. The van der Waals surface area contributed by atoms with E-state index in [1.807, 2.05) is 24.3 Å². The molecular formula is C37H41N3O5. The zero-order valence-corrected chi connectivity index (χ0v) is 25.7. The second kappa shape index (κ2) is 14.9. The van der Waals surface area contributed by atoms with Gasteiger partial charge in [0.1, 0.15) is 0 Å². The van der Waals surface area contributed by atoms with Crippen LogP contribution in [0.1, 0.15) is 64.3 Å². The highest BCUT2D eigenvalue weighted by Gasteiger charge is 2.35. The third-order valence-electron chi connectivity index (χ3n) is 8.73. The summed E-state index contributed by atoms with van der Waals surface area (Å²) in [5.74, 6) is -0.148. The Balaban J connectivity index is 1.16. The van der Waals surface area contributed by atoms with Gasteiger partial charge in [0.15, 0.2) is 6.29 Å². The number of aromatic nitrogens is 1. The fraction of sp³-hybridized carbons (Fsp3) is 0.351. The highest BCUT2D eigenvalue weighted by Crippen LogP contribution is 2.39. The Kier molecular flexibility index (Phi) is 10.3. The topological polar surface area (TPSA) is 93.2 Å². The van der Waals surface area contributed by atoms with E-state index < -0.39 is 6.29 Å². The molecule has 3 aromatic carbocycles. The number of carbonyl (C=O) groups is 1. The van der Waals surface area contributed by atoms with Gasteiger partial charge in [-0.2, -0.15) is 0 Å². The van der Waals surface area contributed by atoms with E-state index in [0.29, 0.717) is 18.2 Å². The van der Waals surface area contributed by atoms with Crippen LogP contribution in [0.2, 0.25) is 0 Å². The SMILES string of the molecule is COC[C@@H]1CCCN1C[C@H]1C[C@@H](c2ccc(CO)cc2)O[C@@H](c2ccc(-c3cccc(CNC(=O)c4cccnc4)c3)cc2)O1. The number of hydrogen-bond acceptors (Lipinski definition) is 7. The molecule has 0 radical (unpaired) electrons. The van der Waals surface area contributed by atoms with Gasteiger partial charge in [-0.25, -0.2) is 0 Å². The Morgan fingerprint density at radius 1 is 0.978 bits per heavy atom. The molecule has 0 saturated carbocycles. The number of amides is 1. The molecule has 45 heavy (non-hydrogen) atoms. The monoisotopic (exact) mass is 607 g/mol. The minimum atomic E-state index is -0.502. The summed E-state index contributed by atoms with van der Waals surface area (Å²) >= 11 is 0. The minimum absolute atomic E-state index is 0.00182. The first-order valence-corrected chi connectivity index (χ1v) is 15.7. The Morgan fingerprint density at radius 3 is 2.56 bits per heavy atom. The number of aliphatic hydroxyl groups excluding tert-OH is 1. The minimum Gasteiger partial charge on any atom is -0.392 e. The fourth-order valence-corrected chi connectivity index (χ4v) is 6.29. The van der Waals surface area contributed by atoms with Crippen molar-refractivity contribution < 1.29 is 24.1 Å². The van der Waals surface area contributed by atoms with E-state index >= 15 is 0 Å². The summed E-state index contributed by atoms with van der Waals surface area (Å²) in [4.78, 5) is 19.0. The highest BCUT2D eigenvalue weighted by molar-refractivity contribution is 5.93. The van der Waals surface area contributed by atoms with Crippen molar-refractivity contribution in [3.8, 4) is 11.1 Å². The number of likely N-dealkylation sites (tertiary alicyclic amines) is 1. The van der Waals surface area contributed by atoms with E-state index in [0.717, 1.165) is 65.9 Å². The molecule has 1 amide bonds. The first kappa shape index (κ1) is 31.1. The van der Waals surface area contributed by atoms with Gasteiger partial charge in [-0.05, 0) is 65.4 Å². The lowest BCUT2D eigenvalue weighted by molar-refractivity contribution is -0.253. The van der Waals surface area contributed by atoms with Crippen molar-refractivity contribution in [1.29, 1.82) is 0 Å². The maximum absolute atomic E-state index is 12.5. The summed E-state index contributed by atoms with van der Waals surface area (Å²) in [6, 6.07) is 28.5. The normalized spacial score (nSPS) is 21.9. The van der Waals surface area contributed by atoms with Crippen LogP contribution in [-0.4, -0.2) is 59.8 Å². The van der Waals surface area contributed by atoms with Crippen LogP contribution < -0.4 is 5.32 Å². The van der Waals surface area contributed by atoms with E-state index in [9.17, 15) is 9.90 Å². The molecule has 0 bridgehead atoms. The summed E-state index contributed by atoms with van der Waals surface area (Å²) < 4.78 is 18.7. The zero-order chi connectivity index (χ0) is 31.0. The van der Waals surface area contributed by atoms with E-state index in [1.165, 1.54) is 6.42 Å². The molecule has 6 rings (SSSR count). The van der Waals surface area contributed by atoms with Crippen molar-refractivity contribution >= 4 is 5.91 Å². The summed E-state index contributed by atoms with van der Waals surface area (Å²) in [5, 5.41) is 12.5. The second-order valence-corrected chi connectivity index (χ2v) is 11.8. The zero-order valence-electron chi connectivity index (χ0n) is 25.7. The third kappa shape index (κ3) is 7.84. The molecular weight excluding hydrogens is 566 g/mol. The maximum atomic E-state index is 12.5. The van der Waals surface area contributed by atoms with Crippen molar-refractivity contribution in [3.63, 3.8) is 0 Å². The van der Waals surface area contributed by atoms with E-state index in [1.54, 1.807) is 31.6 Å². The first-order chi connectivity index (χ1) is 22.1. The number of benzene rings is 3. The largest absolute Gasteiger partial charge is 0.392 e. The van der Waals surface area contributed by atoms with Gasteiger partial charge < -0.3 is 24.6 Å². The summed E-state index contributed by atoms with van der Waals surface area (Å²) in [5.41, 5.74) is 6.63. The molecule has 8 heteroatoms. The van der Waals surface area contributed by atoms with Gasteiger partial charge in [-0.3, -0.25) is 14.7 Å². The van der Waals surface area contributed by atoms with Gasteiger partial charge in [0.2, 0.25) is 0 Å². The molecule has 0 unspecified atom stereocenters. The van der Waals surface area contributed by atoms with Crippen LogP contribution in [0.25, 0.3) is 11.1 Å². The van der Waals surface area contributed by atoms with Crippen molar-refractivity contribution in [3.05, 3.63) is 125 Å². The van der Waals surface area contributed by atoms with Gasteiger partial charge in [-0.15, -0.1) is 0 Å². The van der Waals surface area contributed by atoms with Gasteiger partial charge in [0.25, 0.3) is 5.91 Å². The number of pyridine rings is 1. The quantitative estimate of drug-likeness (QED) is 0.222. The summed E-state index contributed by atoms with van der Waals surface area (Å²) in [6.45, 7) is 3.06. The molecule has 4 atom stereocenters. The van der Waals surface area contributed by atoms with Crippen LogP contribution in [0.5, 0.6) is 0 Å². The molecule has 234 valence electrons. The Bertz CT molecular complexity index is 1530. The standard InChI is InChI=1S/C37H41N3O5/c1-43-25-33-8-4-18-40(33)23-34-20-35(29-11-9-26(24-41)10-12-29)45-37(44-34)30-15-13-28(14-16-30)31-6-2-5-27(19-31)21-39-36(42)32-7-3-17-38-22-32/h2-3,5-7,9-17,19,22,33-35,37,41H,4,8,18,20-21,23-25H2,1H3,(H,39,42)/t33-,34+,35-,37-/m0/s1. The van der Waals surface area contributed by atoms with E-state index in [4.69, 9.17) is 14.2 Å². The lowest BCUT2D eigenvalue weighted by Crippen LogP contribution is -2.42. The number of nitrogens with zero attached hydrogens (tertiary/aromatic N) is 2. The number of methoxy groups -OCH3 is 1. The molecule has 4 aromatic rings. The molecule has 2 aliphatic heterocycles. The molecule has 3 heterocycles. The van der Waals surface area contributed by atoms with Gasteiger partial charge >= 0.3 is 0 Å². The van der Waals surface area contributed by atoms with E-state index in [2.05, 4.69) is 63.7 Å². The molecule has 2 saturated heterocycles. The second-order valence-electron chi connectivity index (χ2n) is 11.8. The number of rotatable bonds is 11. The number of nitrogens with one attached hydrogen (secondary N) is 1. The molecule has 2 fully saturated rings. The van der Waals surface area contributed by atoms with Crippen LogP contribution in [0.4, 0.5) is 0 Å². The van der Waals surface area contributed by atoms with E-state index in [-0.39, 0.29) is 24.7 Å². The Hall–Kier alpha value is -3.92. The van der Waals surface area contributed by atoms with Gasteiger partial charge in [-0.1, -0.05) is 66.7 Å². The third-order valence-corrected chi connectivity index (χ3v) is 8.73. The smallest absolute Gasteiger partial charge is 0.253 e. The van der Waals surface area contributed by atoms with Gasteiger partial charge in [0.05, 0.1) is 31.0 Å². The highest BCUT2D eigenvalue weighted by atomic mass is 16.7. The Labute approximate surface area is 265 Å². The number of hydrogen-bond donors (Lipinski definition) is 2. The number of aliphatic hydroxyl groups is 1.